The first kappa shape index (κ1) is 16.1. The molecule has 7 heteroatoms. The summed E-state index contributed by atoms with van der Waals surface area (Å²) in [7, 11) is 1.62. The van der Waals surface area contributed by atoms with Gasteiger partial charge in [0.05, 0.1) is 12.0 Å². The molecule has 0 saturated carbocycles. The molecule has 0 bridgehead atoms. The maximum Gasteiger partial charge on any atom is 0.303 e. The van der Waals surface area contributed by atoms with Crippen LogP contribution in [0.5, 0.6) is 0 Å². The van der Waals surface area contributed by atoms with Crippen molar-refractivity contribution in [3.63, 3.8) is 0 Å². The number of aromatic nitrogens is 2. The van der Waals surface area contributed by atoms with Crippen LogP contribution >= 0.6 is 11.3 Å². The second-order valence-corrected chi connectivity index (χ2v) is 6.85. The first-order valence-corrected chi connectivity index (χ1v) is 8.68. The van der Waals surface area contributed by atoms with Crippen molar-refractivity contribution < 1.29 is 14.6 Å². The molecule has 2 aromatic heterocycles. The zero-order valence-corrected chi connectivity index (χ0v) is 13.9. The van der Waals surface area contributed by atoms with Gasteiger partial charge in [-0.2, -0.15) is 0 Å². The highest BCUT2D eigenvalue weighted by Gasteiger charge is 2.23. The standard InChI is InChI=1S/C16H20N2O4S/c1-22-9-7-12-17-15-14(10-4-2-5-11(10)23-15)16(21)18(12)8-3-6-13(19)20/h2-9H2,1H3,(H,19,20). The zero-order valence-electron chi connectivity index (χ0n) is 13.1. The van der Waals surface area contributed by atoms with E-state index >= 15 is 0 Å². The van der Waals surface area contributed by atoms with Crippen LogP contribution in [0, 0.1) is 0 Å². The molecule has 1 N–H and O–H groups in total. The number of ether oxygens (including phenoxy) is 1. The summed E-state index contributed by atoms with van der Waals surface area (Å²) in [5.41, 5.74) is 1.14. The average molecular weight is 336 g/mol. The van der Waals surface area contributed by atoms with E-state index in [2.05, 4.69) is 4.98 Å². The van der Waals surface area contributed by atoms with Crippen LogP contribution in [0.15, 0.2) is 4.79 Å². The Bertz CT molecular complexity index is 793. The van der Waals surface area contributed by atoms with Crippen LogP contribution in [0.4, 0.5) is 0 Å². The van der Waals surface area contributed by atoms with Crippen molar-refractivity contribution in [3.05, 3.63) is 26.6 Å². The number of aliphatic carboxylic acids is 1. The Morgan fingerprint density at radius 3 is 3.00 bits per heavy atom. The van der Waals surface area contributed by atoms with Crippen LogP contribution in [0.25, 0.3) is 10.2 Å². The molecule has 0 fully saturated rings. The van der Waals surface area contributed by atoms with Gasteiger partial charge in [-0.25, -0.2) is 4.98 Å². The summed E-state index contributed by atoms with van der Waals surface area (Å²) < 4.78 is 6.76. The van der Waals surface area contributed by atoms with Gasteiger partial charge in [0.25, 0.3) is 5.56 Å². The third-order valence-corrected chi connectivity index (χ3v) is 5.39. The van der Waals surface area contributed by atoms with Gasteiger partial charge >= 0.3 is 5.97 Å². The van der Waals surface area contributed by atoms with Crippen molar-refractivity contribution in [3.8, 4) is 0 Å². The molecule has 2 aromatic rings. The second-order valence-electron chi connectivity index (χ2n) is 5.76. The maximum absolute atomic E-state index is 13.0. The number of thiophene rings is 1. The lowest BCUT2D eigenvalue weighted by Gasteiger charge is -2.12. The molecule has 124 valence electrons. The van der Waals surface area contributed by atoms with E-state index in [1.807, 2.05) is 0 Å². The molecular weight excluding hydrogens is 316 g/mol. The predicted octanol–water partition coefficient (Wildman–Crippen LogP) is 2.00. The van der Waals surface area contributed by atoms with Gasteiger partial charge in [-0.05, 0) is 31.2 Å². The lowest BCUT2D eigenvalue weighted by molar-refractivity contribution is -0.137. The Hall–Kier alpha value is -1.73. The quantitative estimate of drug-likeness (QED) is 0.836. The van der Waals surface area contributed by atoms with Gasteiger partial charge in [-0.3, -0.25) is 14.2 Å². The van der Waals surface area contributed by atoms with Crippen molar-refractivity contribution in [2.75, 3.05) is 13.7 Å². The fraction of sp³-hybridized carbons (Fsp3) is 0.562. The molecule has 23 heavy (non-hydrogen) atoms. The Kier molecular flexibility index (Phi) is 4.77. The van der Waals surface area contributed by atoms with Gasteiger partial charge in [0, 0.05) is 31.4 Å². The van der Waals surface area contributed by atoms with Gasteiger partial charge in [0.1, 0.15) is 10.7 Å². The van der Waals surface area contributed by atoms with E-state index < -0.39 is 5.97 Å². The third kappa shape index (κ3) is 3.16. The minimum Gasteiger partial charge on any atom is -0.481 e. The summed E-state index contributed by atoms with van der Waals surface area (Å²) in [6.45, 7) is 0.875. The van der Waals surface area contributed by atoms with Crippen molar-refractivity contribution in [1.29, 1.82) is 0 Å². The first-order valence-electron chi connectivity index (χ1n) is 7.86. The van der Waals surface area contributed by atoms with E-state index in [9.17, 15) is 9.59 Å². The second kappa shape index (κ2) is 6.80. The number of hydrogen-bond acceptors (Lipinski definition) is 5. The van der Waals surface area contributed by atoms with Gasteiger partial charge < -0.3 is 9.84 Å². The number of carbonyl (C=O) groups is 1. The highest BCUT2D eigenvalue weighted by molar-refractivity contribution is 7.18. The Morgan fingerprint density at radius 2 is 2.26 bits per heavy atom. The molecule has 0 spiro atoms. The van der Waals surface area contributed by atoms with Crippen molar-refractivity contribution in [2.24, 2.45) is 0 Å². The van der Waals surface area contributed by atoms with Crippen molar-refractivity contribution in [2.45, 2.75) is 45.1 Å². The van der Waals surface area contributed by atoms with Gasteiger partial charge in [-0.1, -0.05) is 0 Å². The summed E-state index contributed by atoms with van der Waals surface area (Å²) in [4.78, 5) is 30.5. The molecule has 0 saturated heterocycles. The molecule has 1 aliphatic carbocycles. The molecule has 0 aliphatic heterocycles. The topological polar surface area (TPSA) is 81.4 Å². The van der Waals surface area contributed by atoms with E-state index in [-0.39, 0.29) is 12.0 Å². The molecule has 0 atom stereocenters. The highest BCUT2D eigenvalue weighted by Crippen LogP contribution is 2.34. The summed E-state index contributed by atoms with van der Waals surface area (Å²) >= 11 is 1.63. The molecule has 0 amide bonds. The molecule has 0 aromatic carbocycles. The number of carboxylic acids is 1. The SMILES string of the molecule is COCCc1nc2sc3c(c2c(=O)n1CCCC(=O)O)CCC3. The normalized spacial score (nSPS) is 13.6. The van der Waals surface area contributed by atoms with Gasteiger partial charge in [0.15, 0.2) is 0 Å². The molecule has 2 heterocycles. The monoisotopic (exact) mass is 336 g/mol. The largest absolute Gasteiger partial charge is 0.481 e. The van der Waals surface area contributed by atoms with Crippen LogP contribution in [-0.4, -0.2) is 34.3 Å². The fourth-order valence-corrected chi connectivity index (χ4v) is 4.39. The molecular formula is C16H20N2O4S. The van der Waals surface area contributed by atoms with E-state index in [0.29, 0.717) is 31.8 Å². The van der Waals surface area contributed by atoms with E-state index in [1.165, 1.54) is 4.88 Å². The number of methoxy groups -OCH3 is 1. The van der Waals surface area contributed by atoms with Gasteiger partial charge in [-0.15, -0.1) is 11.3 Å². The van der Waals surface area contributed by atoms with Crippen LogP contribution in [0.3, 0.4) is 0 Å². The van der Waals surface area contributed by atoms with Crippen molar-refractivity contribution >= 4 is 27.5 Å². The van der Waals surface area contributed by atoms with Crippen LogP contribution in [0.2, 0.25) is 0 Å². The number of rotatable bonds is 7. The van der Waals surface area contributed by atoms with Crippen molar-refractivity contribution in [1.82, 2.24) is 9.55 Å². The van der Waals surface area contributed by atoms with Gasteiger partial charge in [0.2, 0.25) is 0 Å². The summed E-state index contributed by atoms with van der Waals surface area (Å²) in [6.07, 6.45) is 4.10. The first-order chi connectivity index (χ1) is 11.1. The summed E-state index contributed by atoms with van der Waals surface area (Å²) in [5.74, 6) is -0.156. The summed E-state index contributed by atoms with van der Waals surface area (Å²) in [6, 6.07) is 0. The highest BCUT2D eigenvalue weighted by atomic mass is 32.1. The number of fused-ring (bicyclic) bond motifs is 3. The number of hydrogen-bond donors (Lipinski definition) is 1. The smallest absolute Gasteiger partial charge is 0.303 e. The fourth-order valence-electron chi connectivity index (χ4n) is 3.12. The maximum atomic E-state index is 13.0. The third-order valence-electron chi connectivity index (χ3n) is 4.21. The Labute approximate surface area is 137 Å². The number of carboxylic acid groups (broad SMARTS) is 1. The predicted molar refractivity (Wildman–Crippen MR) is 88.4 cm³/mol. The Morgan fingerprint density at radius 1 is 1.43 bits per heavy atom. The van der Waals surface area contributed by atoms with E-state index in [1.54, 1.807) is 23.0 Å². The lowest BCUT2D eigenvalue weighted by Crippen LogP contribution is -2.26. The molecule has 6 nitrogen and oxygen atoms in total. The van der Waals surface area contributed by atoms with Crippen LogP contribution in [-0.2, 0) is 35.3 Å². The molecule has 0 unspecified atom stereocenters. The van der Waals surface area contributed by atoms with E-state index in [4.69, 9.17) is 9.84 Å². The van der Waals surface area contributed by atoms with Crippen LogP contribution < -0.4 is 5.56 Å². The molecule has 0 radical (unpaired) electrons. The Balaban J connectivity index is 2.03. The average Bonchev–Trinajstić information content (AvgIpc) is 3.07. The minimum absolute atomic E-state index is 0.0223. The number of aryl methyl sites for hydroxylation is 2. The molecule has 3 rings (SSSR count). The minimum atomic E-state index is -0.845. The molecule has 1 aliphatic rings. The lowest BCUT2D eigenvalue weighted by atomic mass is 10.2. The number of nitrogens with zero attached hydrogens (tertiary/aromatic N) is 2. The zero-order chi connectivity index (χ0) is 16.4. The van der Waals surface area contributed by atoms with E-state index in [0.717, 1.165) is 35.0 Å². The summed E-state index contributed by atoms with van der Waals surface area (Å²) in [5, 5.41) is 9.56. The van der Waals surface area contributed by atoms with Crippen LogP contribution in [0.1, 0.15) is 35.5 Å².